The van der Waals surface area contributed by atoms with E-state index in [4.69, 9.17) is 4.74 Å². The van der Waals surface area contributed by atoms with E-state index in [2.05, 4.69) is 15.9 Å². The summed E-state index contributed by atoms with van der Waals surface area (Å²) in [5.41, 5.74) is -1.24. The number of ether oxygens (including phenoxy) is 1. The molecule has 1 saturated heterocycles. The average Bonchev–Trinajstić information content (AvgIpc) is 2.38. The van der Waals surface area contributed by atoms with Gasteiger partial charge in [-0.15, -0.1) is 0 Å². The highest BCUT2D eigenvalue weighted by molar-refractivity contribution is 9.10. The van der Waals surface area contributed by atoms with Crippen LogP contribution in [0.15, 0.2) is 22.7 Å². The summed E-state index contributed by atoms with van der Waals surface area (Å²) < 4.78 is 44.2. The van der Waals surface area contributed by atoms with Crippen LogP contribution in [0.2, 0.25) is 0 Å². The summed E-state index contributed by atoms with van der Waals surface area (Å²) in [6, 6.07) is 3.56. The fourth-order valence-corrected chi connectivity index (χ4v) is 2.24. The summed E-state index contributed by atoms with van der Waals surface area (Å²) in [5.74, 6) is -0.608. The SMILES string of the molecule is O=C(c1ccc(Br)cc1C(F)(F)F)N1CCOCC1. The van der Waals surface area contributed by atoms with Crippen molar-refractivity contribution in [1.29, 1.82) is 0 Å². The predicted octanol–water partition coefficient (Wildman–Crippen LogP) is 2.94. The van der Waals surface area contributed by atoms with E-state index in [1.807, 2.05) is 0 Å². The molecule has 1 aliphatic heterocycles. The molecule has 1 aromatic carbocycles. The Hall–Kier alpha value is -1.08. The zero-order valence-electron chi connectivity index (χ0n) is 9.84. The van der Waals surface area contributed by atoms with Gasteiger partial charge < -0.3 is 9.64 Å². The number of carbonyl (C=O) groups excluding carboxylic acids is 1. The van der Waals surface area contributed by atoms with Crippen molar-refractivity contribution in [2.45, 2.75) is 6.18 Å². The van der Waals surface area contributed by atoms with Crippen LogP contribution in [0.25, 0.3) is 0 Å². The Bertz CT molecular complexity index is 484. The molecule has 19 heavy (non-hydrogen) atoms. The maximum atomic E-state index is 12.9. The third kappa shape index (κ3) is 3.27. The van der Waals surface area contributed by atoms with Crippen molar-refractivity contribution in [3.8, 4) is 0 Å². The lowest BCUT2D eigenvalue weighted by molar-refractivity contribution is -0.138. The minimum absolute atomic E-state index is 0.290. The average molecular weight is 338 g/mol. The fraction of sp³-hybridized carbons (Fsp3) is 0.417. The van der Waals surface area contributed by atoms with E-state index in [1.54, 1.807) is 0 Å². The van der Waals surface area contributed by atoms with Crippen LogP contribution in [0.1, 0.15) is 15.9 Å². The van der Waals surface area contributed by atoms with Crippen molar-refractivity contribution < 1.29 is 22.7 Å². The smallest absolute Gasteiger partial charge is 0.378 e. The molecule has 1 aliphatic rings. The van der Waals surface area contributed by atoms with Gasteiger partial charge in [0.15, 0.2) is 0 Å². The van der Waals surface area contributed by atoms with E-state index in [9.17, 15) is 18.0 Å². The largest absolute Gasteiger partial charge is 0.417 e. The van der Waals surface area contributed by atoms with E-state index in [1.165, 1.54) is 17.0 Å². The molecule has 1 fully saturated rings. The number of alkyl halides is 3. The van der Waals surface area contributed by atoms with Gasteiger partial charge in [0.1, 0.15) is 0 Å². The van der Waals surface area contributed by atoms with E-state index >= 15 is 0 Å². The number of morpholine rings is 1. The third-order valence-corrected chi connectivity index (χ3v) is 3.31. The van der Waals surface area contributed by atoms with Crippen LogP contribution in [-0.2, 0) is 10.9 Å². The van der Waals surface area contributed by atoms with Crippen molar-refractivity contribution >= 4 is 21.8 Å². The maximum Gasteiger partial charge on any atom is 0.417 e. The van der Waals surface area contributed by atoms with Crippen LogP contribution in [0, 0.1) is 0 Å². The second kappa shape index (κ2) is 5.50. The number of carbonyl (C=O) groups is 1. The number of hydrogen-bond donors (Lipinski definition) is 0. The maximum absolute atomic E-state index is 12.9. The molecule has 1 aromatic rings. The first kappa shape index (κ1) is 14.3. The van der Waals surface area contributed by atoms with Gasteiger partial charge in [-0.1, -0.05) is 15.9 Å². The predicted molar refractivity (Wildman–Crippen MR) is 65.9 cm³/mol. The molecule has 3 nitrogen and oxygen atoms in total. The number of rotatable bonds is 1. The van der Waals surface area contributed by atoms with Gasteiger partial charge in [0, 0.05) is 17.6 Å². The van der Waals surface area contributed by atoms with E-state index in [0.717, 1.165) is 6.07 Å². The van der Waals surface area contributed by atoms with Gasteiger partial charge >= 0.3 is 6.18 Å². The Kier molecular flexibility index (Phi) is 4.15. The summed E-state index contributed by atoms with van der Waals surface area (Å²) >= 11 is 2.99. The van der Waals surface area contributed by atoms with Crippen LogP contribution in [0.3, 0.4) is 0 Å². The lowest BCUT2D eigenvalue weighted by Gasteiger charge is -2.27. The molecule has 0 atom stereocenters. The second-order valence-electron chi connectivity index (χ2n) is 4.09. The molecule has 0 aliphatic carbocycles. The molecule has 0 unspecified atom stereocenters. The summed E-state index contributed by atoms with van der Waals surface area (Å²) in [6.45, 7) is 1.33. The van der Waals surface area contributed by atoms with Gasteiger partial charge in [0.25, 0.3) is 5.91 Å². The second-order valence-corrected chi connectivity index (χ2v) is 5.01. The molecule has 104 valence electrons. The van der Waals surface area contributed by atoms with E-state index < -0.39 is 17.6 Å². The molecule has 0 bridgehead atoms. The highest BCUT2D eigenvalue weighted by Crippen LogP contribution is 2.34. The van der Waals surface area contributed by atoms with Crippen LogP contribution in [-0.4, -0.2) is 37.1 Å². The van der Waals surface area contributed by atoms with Gasteiger partial charge in [-0.3, -0.25) is 4.79 Å². The number of benzene rings is 1. The zero-order chi connectivity index (χ0) is 14.0. The van der Waals surface area contributed by atoms with Crippen LogP contribution < -0.4 is 0 Å². The summed E-state index contributed by atoms with van der Waals surface area (Å²) in [5, 5.41) is 0. The Morgan fingerprint density at radius 2 is 1.89 bits per heavy atom. The first-order chi connectivity index (χ1) is 8.89. The Morgan fingerprint density at radius 3 is 2.47 bits per heavy atom. The number of nitrogens with zero attached hydrogens (tertiary/aromatic N) is 1. The monoisotopic (exact) mass is 337 g/mol. The van der Waals surface area contributed by atoms with Crippen molar-refractivity contribution in [2.24, 2.45) is 0 Å². The lowest BCUT2D eigenvalue weighted by Crippen LogP contribution is -2.41. The third-order valence-electron chi connectivity index (χ3n) is 2.82. The van der Waals surface area contributed by atoms with Gasteiger partial charge in [-0.25, -0.2) is 0 Å². The standard InChI is InChI=1S/C12H11BrF3NO2/c13-8-1-2-9(10(7-8)12(14,15)16)11(18)17-3-5-19-6-4-17/h1-2,7H,3-6H2. The lowest BCUT2D eigenvalue weighted by atomic mass is 10.1. The molecule has 1 heterocycles. The molecular weight excluding hydrogens is 327 g/mol. The molecule has 0 saturated carbocycles. The number of hydrogen-bond acceptors (Lipinski definition) is 2. The Morgan fingerprint density at radius 1 is 1.26 bits per heavy atom. The van der Waals surface area contributed by atoms with Gasteiger partial charge in [-0.05, 0) is 18.2 Å². The quantitative estimate of drug-likeness (QED) is 0.788. The summed E-state index contributed by atoms with van der Waals surface area (Å²) in [6.07, 6.45) is -4.55. The molecule has 0 N–H and O–H groups in total. The minimum atomic E-state index is -4.55. The molecule has 0 radical (unpaired) electrons. The zero-order valence-corrected chi connectivity index (χ0v) is 11.4. The van der Waals surface area contributed by atoms with Gasteiger partial charge in [-0.2, -0.15) is 13.2 Å². The molecule has 0 aromatic heterocycles. The Balaban J connectivity index is 2.35. The molecule has 1 amide bonds. The topological polar surface area (TPSA) is 29.5 Å². The van der Waals surface area contributed by atoms with Gasteiger partial charge in [0.2, 0.25) is 0 Å². The summed E-state index contributed by atoms with van der Waals surface area (Å²) in [4.78, 5) is 13.5. The molecule has 2 rings (SSSR count). The summed E-state index contributed by atoms with van der Waals surface area (Å²) in [7, 11) is 0. The highest BCUT2D eigenvalue weighted by Gasteiger charge is 2.36. The van der Waals surface area contributed by atoms with Crippen LogP contribution >= 0.6 is 15.9 Å². The normalized spacial score (nSPS) is 16.5. The van der Waals surface area contributed by atoms with Crippen LogP contribution in [0.4, 0.5) is 13.2 Å². The fourth-order valence-electron chi connectivity index (χ4n) is 1.87. The van der Waals surface area contributed by atoms with E-state index in [0.29, 0.717) is 30.8 Å². The number of amides is 1. The molecule has 0 spiro atoms. The highest BCUT2D eigenvalue weighted by atomic mass is 79.9. The number of halogens is 4. The van der Waals surface area contributed by atoms with Crippen molar-refractivity contribution in [3.63, 3.8) is 0 Å². The first-order valence-corrected chi connectivity index (χ1v) is 6.42. The first-order valence-electron chi connectivity index (χ1n) is 5.63. The Labute approximate surface area is 116 Å². The molecule has 7 heteroatoms. The van der Waals surface area contributed by atoms with Crippen molar-refractivity contribution in [3.05, 3.63) is 33.8 Å². The minimum Gasteiger partial charge on any atom is -0.378 e. The molecular formula is C12H11BrF3NO2. The van der Waals surface area contributed by atoms with E-state index in [-0.39, 0.29) is 5.56 Å². The van der Waals surface area contributed by atoms with Gasteiger partial charge in [0.05, 0.1) is 24.3 Å². The van der Waals surface area contributed by atoms with Crippen molar-refractivity contribution in [1.82, 2.24) is 4.90 Å². The van der Waals surface area contributed by atoms with Crippen molar-refractivity contribution in [2.75, 3.05) is 26.3 Å². The van der Waals surface area contributed by atoms with Crippen LogP contribution in [0.5, 0.6) is 0 Å².